The summed E-state index contributed by atoms with van der Waals surface area (Å²) in [6.45, 7) is -0.480. The van der Waals surface area contributed by atoms with Gasteiger partial charge in [0.15, 0.2) is 0 Å². The van der Waals surface area contributed by atoms with E-state index in [1.54, 1.807) is 18.2 Å². The summed E-state index contributed by atoms with van der Waals surface area (Å²) < 4.78 is 46.8. The number of carbonyl (C=O) groups is 4. The quantitative estimate of drug-likeness (QED) is 0.565. The van der Waals surface area contributed by atoms with Gasteiger partial charge < -0.3 is 20.3 Å². The fourth-order valence-electron chi connectivity index (χ4n) is 5.60. The smallest absolute Gasteiger partial charge is 0.418 e. The highest BCUT2D eigenvalue weighted by atomic mass is 35.5. The van der Waals surface area contributed by atoms with Gasteiger partial charge in [0.1, 0.15) is 6.54 Å². The molecule has 2 fully saturated rings. The third-order valence-corrected chi connectivity index (χ3v) is 7.63. The Morgan fingerprint density at radius 3 is 2.67 bits per heavy atom. The van der Waals surface area contributed by atoms with Gasteiger partial charge in [0.25, 0.3) is 5.91 Å². The van der Waals surface area contributed by atoms with E-state index in [9.17, 15) is 32.3 Å². The number of ether oxygens (including phenoxy) is 1. The fraction of sp³-hybridized carbons (Fsp3) is 0.385. The molecule has 2 aliphatic heterocycles. The molecular formula is C26H24ClF3N4O5. The zero-order valence-electron chi connectivity index (χ0n) is 20.7. The Morgan fingerprint density at radius 2 is 1.95 bits per heavy atom. The Balaban J connectivity index is 1.36. The normalized spacial score (nSPS) is 22.3. The second-order valence-corrected chi connectivity index (χ2v) is 10.1. The Hall–Kier alpha value is -3.80. The number of halogens is 4. The second-order valence-electron chi connectivity index (χ2n) is 9.64. The first-order valence-corrected chi connectivity index (χ1v) is 12.7. The molecule has 5 rings (SSSR count). The molecule has 2 atom stereocenters. The number of aryl methyl sites for hydroxylation is 1. The van der Waals surface area contributed by atoms with Crippen LogP contribution >= 0.6 is 11.6 Å². The van der Waals surface area contributed by atoms with Crippen molar-refractivity contribution in [2.45, 2.75) is 43.5 Å². The molecule has 13 heteroatoms. The number of urea groups is 1. The maximum Gasteiger partial charge on any atom is 0.418 e. The third kappa shape index (κ3) is 4.66. The summed E-state index contributed by atoms with van der Waals surface area (Å²) in [5.74, 6) is -1.36. The van der Waals surface area contributed by atoms with E-state index in [-0.39, 0.29) is 23.6 Å². The molecule has 206 valence electrons. The largest absolute Gasteiger partial charge is 0.427 e. The minimum Gasteiger partial charge on any atom is -0.427 e. The number of hydrogen-bond donors (Lipinski definition) is 2. The van der Waals surface area contributed by atoms with Crippen molar-refractivity contribution in [2.24, 2.45) is 0 Å². The number of alkyl halides is 3. The zero-order valence-corrected chi connectivity index (χ0v) is 21.5. The van der Waals surface area contributed by atoms with Crippen LogP contribution in [0.25, 0.3) is 0 Å². The van der Waals surface area contributed by atoms with Crippen molar-refractivity contribution in [3.8, 4) is 0 Å². The summed E-state index contributed by atoms with van der Waals surface area (Å²) in [6.07, 6.45) is -4.37. The maximum absolute atomic E-state index is 13.7. The summed E-state index contributed by atoms with van der Waals surface area (Å²) in [5, 5.41) is 5.00. The highest BCUT2D eigenvalue weighted by Crippen LogP contribution is 2.46. The third-order valence-electron chi connectivity index (χ3n) is 7.39. The van der Waals surface area contributed by atoms with E-state index in [0.717, 1.165) is 11.0 Å². The summed E-state index contributed by atoms with van der Waals surface area (Å²) in [5.41, 5.74) is -0.941. The average molecular weight is 565 g/mol. The number of anilines is 1. The average Bonchev–Trinajstić information content (AvgIpc) is 3.57. The van der Waals surface area contributed by atoms with E-state index in [1.165, 1.54) is 24.1 Å². The molecule has 0 radical (unpaired) electrons. The number of carbonyl (C=O) groups excluding carboxylic acids is 4. The molecule has 5 amide bonds. The Bertz CT molecular complexity index is 1380. The lowest BCUT2D eigenvalue weighted by Crippen LogP contribution is -2.44. The number of hydrogen-bond acceptors (Lipinski definition) is 5. The van der Waals surface area contributed by atoms with E-state index in [0.29, 0.717) is 36.1 Å². The minimum absolute atomic E-state index is 0.0777. The second kappa shape index (κ2) is 9.74. The molecule has 3 aliphatic rings. The van der Waals surface area contributed by atoms with Crippen molar-refractivity contribution in [1.82, 2.24) is 15.1 Å². The van der Waals surface area contributed by atoms with E-state index in [1.807, 2.05) is 0 Å². The topological polar surface area (TPSA) is 108 Å². The van der Waals surface area contributed by atoms with Gasteiger partial charge in [-0.1, -0.05) is 23.7 Å². The van der Waals surface area contributed by atoms with Gasteiger partial charge in [-0.05, 0) is 54.7 Å². The van der Waals surface area contributed by atoms with Gasteiger partial charge in [-0.2, -0.15) is 13.2 Å². The van der Waals surface area contributed by atoms with E-state index < -0.39 is 53.9 Å². The van der Waals surface area contributed by atoms with Gasteiger partial charge >= 0.3 is 18.3 Å². The van der Waals surface area contributed by atoms with E-state index in [4.69, 9.17) is 16.3 Å². The summed E-state index contributed by atoms with van der Waals surface area (Å²) >= 11 is 5.81. The number of rotatable bonds is 4. The monoisotopic (exact) mass is 564 g/mol. The van der Waals surface area contributed by atoms with Crippen molar-refractivity contribution in [1.29, 1.82) is 0 Å². The lowest BCUT2D eigenvalue weighted by Gasteiger charge is -2.28. The van der Waals surface area contributed by atoms with Crippen molar-refractivity contribution < 1.29 is 37.1 Å². The van der Waals surface area contributed by atoms with Gasteiger partial charge in [-0.25, -0.2) is 14.5 Å². The van der Waals surface area contributed by atoms with Crippen LogP contribution in [0.4, 0.5) is 28.4 Å². The van der Waals surface area contributed by atoms with Crippen molar-refractivity contribution in [2.75, 3.05) is 25.5 Å². The number of nitrogens with one attached hydrogen (secondary N) is 2. The van der Waals surface area contributed by atoms with Crippen LogP contribution in [0.3, 0.4) is 0 Å². The Kier molecular flexibility index (Phi) is 6.69. The molecule has 2 saturated heterocycles. The standard InChI is InChI=1S/C26H24ClF3N4O5/c1-31-23(37)32-16-5-7-18-14(11-16)8-9-25(18)22(36)34(24(38)39-25)13-21(35)33-10-2-3-20(33)17-6-4-15(27)12-19(17)26(28,29)30/h4-7,11-12,20H,2-3,8-10,13H2,1H3,(H2,31,32,37)/t20-,25?/m1/s1. The Labute approximate surface area is 226 Å². The number of amides is 5. The molecule has 0 aromatic heterocycles. The maximum atomic E-state index is 13.7. The molecule has 9 nitrogen and oxygen atoms in total. The summed E-state index contributed by atoms with van der Waals surface area (Å²) in [6, 6.07) is 6.99. The van der Waals surface area contributed by atoms with Gasteiger partial charge in [0.2, 0.25) is 11.5 Å². The molecule has 1 spiro atoms. The number of fused-ring (bicyclic) bond motifs is 2. The zero-order chi connectivity index (χ0) is 28.1. The predicted octanol–water partition coefficient (Wildman–Crippen LogP) is 4.59. The molecule has 2 heterocycles. The molecule has 2 aromatic rings. The fourth-order valence-corrected chi connectivity index (χ4v) is 5.78. The van der Waals surface area contributed by atoms with E-state index in [2.05, 4.69) is 10.6 Å². The molecule has 1 aliphatic carbocycles. The number of imide groups is 1. The van der Waals surface area contributed by atoms with Gasteiger partial charge in [-0.3, -0.25) is 9.59 Å². The number of benzene rings is 2. The van der Waals surface area contributed by atoms with Crippen LogP contribution in [0.5, 0.6) is 0 Å². The van der Waals surface area contributed by atoms with Crippen molar-refractivity contribution in [3.63, 3.8) is 0 Å². The molecule has 39 heavy (non-hydrogen) atoms. The molecular weight excluding hydrogens is 541 g/mol. The highest BCUT2D eigenvalue weighted by molar-refractivity contribution is 6.30. The lowest BCUT2D eigenvalue weighted by atomic mass is 9.94. The van der Waals surface area contributed by atoms with Crippen molar-refractivity contribution >= 4 is 41.2 Å². The molecule has 0 bridgehead atoms. The predicted molar refractivity (Wildman–Crippen MR) is 133 cm³/mol. The van der Waals surface area contributed by atoms with Gasteiger partial charge in [0.05, 0.1) is 11.6 Å². The molecule has 2 aromatic carbocycles. The first-order chi connectivity index (χ1) is 18.4. The van der Waals surface area contributed by atoms with Crippen LogP contribution < -0.4 is 10.6 Å². The number of nitrogens with zero attached hydrogens (tertiary/aromatic N) is 2. The minimum atomic E-state index is -4.68. The summed E-state index contributed by atoms with van der Waals surface area (Å²) in [4.78, 5) is 53.2. The SMILES string of the molecule is CNC(=O)Nc1ccc2c(c1)CCC21OC(=O)N(CC(=O)N2CCC[C@@H]2c2ccc(Cl)cc2C(F)(F)F)C1=O. The van der Waals surface area contributed by atoms with Crippen LogP contribution in [0.15, 0.2) is 36.4 Å². The van der Waals surface area contributed by atoms with Crippen LogP contribution in [-0.4, -0.2) is 53.9 Å². The highest BCUT2D eigenvalue weighted by Gasteiger charge is 2.58. The van der Waals surface area contributed by atoms with Crippen LogP contribution in [0, 0.1) is 0 Å². The number of likely N-dealkylation sites (tertiary alicyclic amines) is 1. The summed E-state index contributed by atoms with van der Waals surface area (Å²) in [7, 11) is 1.47. The molecule has 0 saturated carbocycles. The molecule has 1 unspecified atom stereocenters. The van der Waals surface area contributed by atoms with E-state index >= 15 is 0 Å². The lowest BCUT2D eigenvalue weighted by molar-refractivity contribution is -0.143. The Morgan fingerprint density at radius 1 is 1.18 bits per heavy atom. The molecule has 2 N–H and O–H groups in total. The first kappa shape index (κ1) is 26.8. The van der Waals surface area contributed by atoms with Crippen LogP contribution in [-0.2, 0) is 32.5 Å². The first-order valence-electron chi connectivity index (χ1n) is 12.3. The van der Waals surface area contributed by atoms with Crippen molar-refractivity contribution in [3.05, 3.63) is 63.7 Å². The van der Waals surface area contributed by atoms with Crippen LogP contribution in [0.2, 0.25) is 5.02 Å². The van der Waals surface area contributed by atoms with Gasteiger partial charge in [-0.15, -0.1) is 0 Å². The van der Waals surface area contributed by atoms with Gasteiger partial charge in [0, 0.05) is 36.3 Å². The van der Waals surface area contributed by atoms with Crippen LogP contribution in [0.1, 0.15) is 47.6 Å².